The van der Waals surface area contributed by atoms with E-state index in [1.807, 2.05) is 0 Å². The number of nitrogens with one attached hydrogen (secondary N) is 1. The van der Waals surface area contributed by atoms with Gasteiger partial charge in [0.2, 0.25) is 0 Å². The first-order valence-corrected chi connectivity index (χ1v) is 7.11. The highest BCUT2D eigenvalue weighted by molar-refractivity contribution is 9.10. The fourth-order valence-electron chi connectivity index (χ4n) is 2.16. The van der Waals surface area contributed by atoms with Crippen LogP contribution in [0.4, 0.5) is 0 Å². The minimum absolute atomic E-state index is 0.210. The van der Waals surface area contributed by atoms with Gasteiger partial charge in [-0.2, -0.15) is 4.80 Å². The van der Waals surface area contributed by atoms with E-state index >= 15 is 0 Å². The summed E-state index contributed by atoms with van der Waals surface area (Å²) in [6.07, 6.45) is 0.740. The Labute approximate surface area is 121 Å². The van der Waals surface area contributed by atoms with E-state index < -0.39 is 0 Å². The van der Waals surface area contributed by atoms with Crippen molar-refractivity contribution in [2.24, 2.45) is 7.05 Å². The molecular formula is C13H18BrN5. The summed E-state index contributed by atoms with van der Waals surface area (Å²) in [5, 5.41) is 15.7. The number of hydrogen-bond donors (Lipinski definition) is 1. The van der Waals surface area contributed by atoms with E-state index in [9.17, 15) is 0 Å². The number of rotatable bonds is 5. The molecule has 0 radical (unpaired) electrons. The van der Waals surface area contributed by atoms with E-state index in [0.29, 0.717) is 0 Å². The molecule has 1 atom stereocenters. The van der Waals surface area contributed by atoms with Crippen LogP contribution in [-0.2, 0) is 13.5 Å². The highest BCUT2D eigenvalue weighted by Crippen LogP contribution is 2.23. The number of tetrazole rings is 1. The van der Waals surface area contributed by atoms with Crippen LogP contribution in [0, 0.1) is 6.92 Å². The Morgan fingerprint density at radius 2 is 2.21 bits per heavy atom. The molecule has 2 aromatic rings. The van der Waals surface area contributed by atoms with Crippen LogP contribution in [0.2, 0.25) is 0 Å². The van der Waals surface area contributed by atoms with Crippen molar-refractivity contribution in [1.29, 1.82) is 0 Å². The molecule has 1 aromatic carbocycles. The predicted octanol–water partition coefficient (Wildman–Crippen LogP) is 2.17. The molecule has 6 heteroatoms. The zero-order valence-electron chi connectivity index (χ0n) is 11.4. The van der Waals surface area contributed by atoms with E-state index in [4.69, 9.17) is 0 Å². The highest BCUT2D eigenvalue weighted by atomic mass is 79.9. The van der Waals surface area contributed by atoms with Gasteiger partial charge in [-0.15, -0.1) is 10.2 Å². The van der Waals surface area contributed by atoms with E-state index in [1.54, 1.807) is 7.05 Å². The van der Waals surface area contributed by atoms with Crippen LogP contribution in [0.1, 0.15) is 29.9 Å². The van der Waals surface area contributed by atoms with Crippen LogP contribution >= 0.6 is 15.9 Å². The van der Waals surface area contributed by atoms with E-state index in [0.717, 1.165) is 23.3 Å². The quantitative estimate of drug-likeness (QED) is 0.916. The summed E-state index contributed by atoms with van der Waals surface area (Å²) in [5.74, 6) is 0.760. The molecule has 0 aliphatic heterocycles. The van der Waals surface area contributed by atoms with Crippen molar-refractivity contribution in [3.8, 4) is 0 Å². The van der Waals surface area contributed by atoms with Crippen molar-refractivity contribution in [3.63, 3.8) is 0 Å². The molecule has 0 spiro atoms. The van der Waals surface area contributed by atoms with Crippen molar-refractivity contribution >= 4 is 15.9 Å². The smallest absolute Gasteiger partial charge is 0.176 e. The van der Waals surface area contributed by atoms with E-state index in [-0.39, 0.29) is 6.04 Å². The number of aromatic nitrogens is 4. The summed E-state index contributed by atoms with van der Waals surface area (Å²) in [5.41, 5.74) is 2.53. The van der Waals surface area contributed by atoms with Crippen LogP contribution in [0.5, 0.6) is 0 Å². The van der Waals surface area contributed by atoms with E-state index in [2.05, 4.69) is 68.7 Å². The van der Waals surface area contributed by atoms with Gasteiger partial charge < -0.3 is 5.32 Å². The lowest BCUT2D eigenvalue weighted by Gasteiger charge is -2.19. The Balaban J connectivity index is 2.23. The third kappa shape index (κ3) is 3.61. The number of likely N-dealkylation sites (N-methyl/N-ethyl adjacent to an activating group) is 1. The van der Waals surface area contributed by atoms with Gasteiger partial charge in [0.15, 0.2) is 5.82 Å². The number of aryl methyl sites for hydroxylation is 2. The van der Waals surface area contributed by atoms with Gasteiger partial charge in [-0.1, -0.05) is 28.9 Å². The lowest BCUT2D eigenvalue weighted by molar-refractivity contribution is 0.532. The molecule has 0 fully saturated rings. The van der Waals surface area contributed by atoms with Crippen molar-refractivity contribution in [2.45, 2.75) is 26.3 Å². The summed E-state index contributed by atoms with van der Waals surface area (Å²) in [6, 6.07) is 6.55. The maximum Gasteiger partial charge on any atom is 0.176 e. The molecule has 0 bridgehead atoms. The third-order valence-electron chi connectivity index (χ3n) is 2.99. The van der Waals surface area contributed by atoms with Crippen molar-refractivity contribution in [3.05, 3.63) is 39.6 Å². The van der Waals surface area contributed by atoms with Gasteiger partial charge in [-0.05, 0) is 41.9 Å². The molecule has 0 aliphatic carbocycles. The van der Waals surface area contributed by atoms with Crippen LogP contribution in [0.3, 0.4) is 0 Å². The lowest BCUT2D eigenvalue weighted by atomic mass is 9.98. The minimum atomic E-state index is 0.210. The molecule has 0 saturated heterocycles. The van der Waals surface area contributed by atoms with Crippen molar-refractivity contribution in [2.75, 3.05) is 6.54 Å². The number of benzene rings is 1. The summed E-state index contributed by atoms with van der Waals surface area (Å²) in [7, 11) is 1.78. The highest BCUT2D eigenvalue weighted by Gasteiger charge is 2.16. The first-order chi connectivity index (χ1) is 9.10. The molecular weight excluding hydrogens is 306 g/mol. The Hall–Kier alpha value is -1.27. The van der Waals surface area contributed by atoms with Gasteiger partial charge in [0.25, 0.3) is 0 Å². The van der Waals surface area contributed by atoms with E-state index in [1.165, 1.54) is 15.9 Å². The van der Waals surface area contributed by atoms with Gasteiger partial charge in [0, 0.05) is 16.9 Å². The molecule has 2 rings (SSSR count). The fourth-order valence-corrected chi connectivity index (χ4v) is 2.63. The summed E-state index contributed by atoms with van der Waals surface area (Å²) in [6.45, 7) is 5.13. The summed E-state index contributed by atoms with van der Waals surface area (Å²) in [4.78, 5) is 1.49. The number of nitrogens with zero attached hydrogens (tertiary/aromatic N) is 4. The minimum Gasteiger partial charge on any atom is -0.310 e. The second-order valence-electron chi connectivity index (χ2n) is 4.51. The van der Waals surface area contributed by atoms with Gasteiger partial charge in [0.05, 0.1) is 7.05 Å². The normalized spacial score (nSPS) is 12.6. The van der Waals surface area contributed by atoms with Crippen molar-refractivity contribution < 1.29 is 0 Å². The molecule has 0 saturated carbocycles. The standard InChI is InChI=1S/C13H18BrN5/c1-4-15-12(8-13-16-18-19(3)17-13)11-6-5-10(14)7-9(11)2/h5-7,12,15H,4,8H2,1-3H3. The fraction of sp³-hybridized carbons (Fsp3) is 0.462. The zero-order valence-corrected chi connectivity index (χ0v) is 13.0. The zero-order chi connectivity index (χ0) is 13.8. The number of hydrogen-bond acceptors (Lipinski definition) is 4. The van der Waals surface area contributed by atoms with Crippen LogP contribution in [0.25, 0.3) is 0 Å². The monoisotopic (exact) mass is 323 g/mol. The van der Waals surface area contributed by atoms with Gasteiger partial charge in [0.1, 0.15) is 0 Å². The summed E-state index contributed by atoms with van der Waals surface area (Å²) >= 11 is 3.50. The Morgan fingerprint density at radius 3 is 2.79 bits per heavy atom. The van der Waals surface area contributed by atoms with Gasteiger partial charge in [-0.25, -0.2) is 0 Å². The molecule has 5 nitrogen and oxygen atoms in total. The predicted molar refractivity (Wildman–Crippen MR) is 77.8 cm³/mol. The Bertz CT molecular complexity index is 552. The lowest BCUT2D eigenvalue weighted by Crippen LogP contribution is -2.24. The molecule has 0 aliphatic rings. The summed E-state index contributed by atoms with van der Waals surface area (Å²) < 4.78 is 1.10. The molecule has 0 amide bonds. The van der Waals surface area contributed by atoms with Gasteiger partial charge >= 0.3 is 0 Å². The first-order valence-electron chi connectivity index (χ1n) is 6.32. The molecule has 1 heterocycles. The molecule has 19 heavy (non-hydrogen) atoms. The maximum atomic E-state index is 4.25. The Morgan fingerprint density at radius 1 is 1.42 bits per heavy atom. The molecule has 1 N–H and O–H groups in total. The third-order valence-corrected chi connectivity index (χ3v) is 3.49. The van der Waals surface area contributed by atoms with Crippen LogP contribution < -0.4 is 5.32 Å². The average Bonchev–Trinajstić information content (AvgIpc) is 2.74. The maximum absolute atomic E-state index is 4.25. The SMILES string of the molecule is CCNC(Cc1nnn(C)n1)c1ccc(Br)cc1C. The molecule has 1 unspecified atom stereocenters. The largest absolute Gasteiger partial charge is 0.310 e. The molecule has 1 aromatic heterocycles. The molecule has 102 valence electrons. The second-order valence-corrected chi connectivity index (χ2v) is 5.43. The Kier molecular flexibility index (Phi) is 4.66. The topological polar surface area (TPSA) is 55.6 Å². The van der Waals surface area contributed by atoms with Gasteiger partial charge in [-0.3, -0.25) is 0 Å². The number of halogens is 1. The average molecular weight is 324 g/mol. The first kappa shape index (κ1) is 14.1. The van der Waals surface area contributed by atoms with Crippen LogP contribution in [-0.4, -0.2) is 26.8 Å². The van der Waals surface area contributed by atoms with Crippen molar-refractivity contribution in [1.82, 2.24) is 25.5 Å². The second kappa shape index (κ2) is 6.25. The van der Waals surface area contributed by atoms with Crippen LogP contribution in [0.15, 0.2) is 22.7 Å².